The molecule has 0 radical (unpaired) electrons. The fourth-order valence-corrected chi connectivity index (χ4v) is 5.03. The Kier molecular flexibility index (Phi) is 4.57. The van der Waals surface area contributed by atoms with Crippen molar-refractivity contribution < 1.29 is 0 Å². The van der Waals surface area contributed by atoms with Crippen LogP contribution >= 0.6 is 22.9 Å². The summed E-state index contributed by atoms with van der Waals surface area (Å²) >= 11 is 7.43. The van der Waals surface area contributed by atoms with Gasteiger partial charge in [-0.3, -0.25) is 9.36 Å². The van der Waals surface area contributed by atoms with Crippen LogP contribution in [0.1, 0.15) is 11.1 Å². The first-order valence-corrected chi connectivity index (χ1v) is 10.7. The molecule has 0 unspecified atom stereocenters. The van der Waals surface area contributed by atoms with Crippen LogP contribution in [0, 0.1) is 6.92 Å². The van der Waals surface area contributed by atoms with Crippen LogP contribution in [0.2, 0.25) is 5.02 Å². The third-order valence-corrected chi connectivity index (χ3v) is 6.73. The minimum atomic E-state index is -0.360. The van der Waals surface area contributed by atoms with E-state index in [4.69, 9.17) is 11.6 Å². The second-order valence-corrected chi connectivity index (χ2v) is 8.68. The molecular formula is C24H17ClN2O2S. The Bertz CT molecular complexity index is 1530. The predicted octanol–water partition coefficient (Wildman–Crippen LogP) is 5.38. The predicted molar refractivity (Wildman–Crippen MR) is 124 cm³/mol. The summed E-state index contributed by atoms with van der Waals surface area (Å²) in [5, 5.41) is 1.47. The van der Waals surface area contributed by atoms with Gasteiger partial charge in [0.2, 0.25) is 0 Å². The molecule has 2 heterocycles. The van der Waals surface area contributed by atoms with E-state index in [2.05, 4.69) is 0 Å². The van der Waals surface area contributed by atoms with Gasteiger partial charge in [-0.1, -0.05) is 54.1 Å². The first-order chi connectivity index (χ1) is 14.5. The zero-order valence-electron chi connectivity index (χ0n) is 16.1. The van der Waals surface area contributed by atoms with Crippen molar-refractivity contribution >= 4 is 43.2 Å². The number of aryl methyl sites for hydroxylation is 1. The number of rotatable bonds is 3. The van der Waals surface area contributed by atoms with E-state index in [0.29, 0.717) is 27.5 Å². The number of nitrogens with zero attached hydrogens (tertiary/aromatic N) is 2. The van der Waals surface area contributed by atoms with Crippen molar-refractivity contribution in [2.45, 2.75) is 13.5 Å². The second kappa shape index (κ2) is 7.27. The van der Waals surface area contributed by atoms with Gasteiger partial charge in [0.25, 0.3) is 5.56 Å². The molecule has 0 bridgehead atoms. The molecule has 30 heavy (non-hydrogen) atoms. The number of benzene rings is 3. The lowest BCUT2D eigenvalue weighted by atomic mass is 10.1. The van der Waals surface area contributed by atoms with Crippen LogP contribution in [0.3, 0.4) is 0 Å². The lowest BCUT2D eigenvalue weighted by molar-refractivity contribution is 0.715. The normalized spacial score (nSPS) is 11.4. The first kappa shape index (κ1) is 18.9. The minimum Gasteiger partial charge on any atom is -0.287 e. The van der Waals surface area contributed by atoms with E-state index in [0.717, 1.165) is 21.2 Å². The first-order valence-electron chi connectivity index (χ1n) is 9.52. The number of halogens is 1. The zero-order chi connectivity index (χ0) is 20.8. The van der Waals surface area contributed by atoms with Crippen LogP contribution < -0.4 is 11.2 Å². The summed E-state index contributed by atoms with van der Waals surface area (Å²) < 4.78 is 4.51. The van der Waals surface area contributed by atoms with Crippen LogP contribution in [0.4, 0.5) is 0 Å². The average Bonchev–Trinajstić information content (AvgIpc) is 3.14. The Morgan fingerprint density at radius 1 is 0.900 bits per heavy atom. The van der Waals surface area contributed by atoms with Gasteiger partial charge in [-0.15, -0.1) is 11.3 Å². The Hall–Kier alpha value is -3.15. The smallest absolute Gasteiger partial charge is 0.287 e. The van der Waals surface area contributed by atoms with E-state index in [-0.39, 0.29) is 11.2 Å². The number of aromatic nitrogens is 2. The summed E-state index contributed by atoms with van der Waals surface area (Å²) in [4.78, 5) is 27.0. The molecule has 3 aromatic carbocycles. The minimum absolute atomic E-state index is 0.306. The van der Waals surface area contributed by atoms with E-state index >= 15 is 0 Å². The molecule has 0 saturated carbocycles. The molecule has 0 N–H and O–H groups in total. The highest BCUT2D eigenvalue weighted by Gasteiger charge is 2.19. The SMILES string of the molecule is Cc1ccccc1Cn1c(=O)n(-c2ccc(Cl)cc2)c(=O)c2sc3ccccc3c21. The van der Waals surface area contributed by atoms with Crippen molar-refractivity contribution in [3.05, 3.63) is 110 Å². The molecule has 5 aromatic rings. The summed E-state index contributed by atoms with van der Waals surface area (Å²) in [6.45, 7) is 2.41. The van der Waals surface area contributed by atoms with Crippen molar-refractivity contribution in [2.75, 3.05) is 0 Å². The monoisotopic (exact) mass is 432 g/mol. The molecule has 0 aliphatic carbocycles. The molecule has 0 aliphatic rings. The third-order valence-electron chi connectivity index (χ3n) is 5.33. The van der Waals surface area contributed by atoms with Gasteiger partial charge in [0.15, 0.2) is 0 Å². The van der Waals surface area contributed by atoms with Crippen molar-refractivity contribution in [1.82, 2.24) is 9.13 Å². The highest BCUT2D eigenvalue weighted by molar-refractivity contribution is 7.25. The lowest BCUT2D eigenvalue weighted by Crippen LogP contribution is -2.38. The van der Waals surface area contributed by atoms with Gasteiger partial charge in [0, 0.05) is 15.1 Å². The average molecular weight is 433 g/mol. The van der Waals surface area contributed by atoms with Crippen LogP contribution in [-0.2, 0) is 6.54 Å². The number of hydrogen-bond donors (Lipinski definition) is 0. The van der Waals surface area contributed by atoms with E-state index in [1.165, 1.54) is 15.9 Å². The molecule has 0 amide bonds. The largest absolute Gasteiger partial charge is 0.336 e. The standard InChI is InChI=1S/C24H17ClN2O2S/c1-15-6-2-3-7-16(15)14-26-21-19-8-4-5-9-20(19)30-22(21)23(28)27(24(26)29)18-12-10-17(25)11-13-18/h2-13H,14H2,1H3. The summed E-state index contributed by atoms with van der Waals surface area (Å²) in [7, 11) is 0. The Labute approximate surface area is 181 Å². The topological polar surface area (TPSA) is 44.0 Å². The van der Waals surface area contributed by atoms with Gasteiger partial charge in [0.05, 0.1) is 17.7 Å². The van der Waals surface area contributed by atoms with Gasteiger partial charge in [-0.2, -0.15) is 0 Å². The van der Waals surface area contributed by atoms with Gasteiger partial charge in [0.1, 0.15) is 4.70 Å². The number of hydrogen-bond acceptors (Lipinski definition) is 3. The molecule has 2 aromatic heterocycles. The number of thiophene rings is 1. The van der Waals surface area contributed by atoms with Crippen LogP contribution in [0.15, 0.2) is 82.4 Å². The van der Waals surface area contributed by atoms with Gasteiger partial charge >= 0.3 is 5.69 Å². The van der Waals surface area contributed by atoms with Gasteiger partial charge in [-0.05, 0) is 48.4 Å². The summed E-state index contributed by atoms with van der Waals surface area (Å²) in [5.74, 6) is 0. The molecule has 0 saturated heterocycles. The quantitative estimate of drug-likeness (QED) is 0.384. The Morgan fingerprint density at radius 2 is 1.60 bits per heavy atom. The van der Waals surface area contributed by atoms with E-state index in [9.17, 15) is 9.59 Å². The molecule has 0 aliphatic heterocycles. The third kappa shape index (κ3) is 2.98. The molecule has 0 fully saturated rings. The summed E-state index contributed by atoms with van der Waals surface area (Å²) in [5.41, 5.74) is 2.67. The van der Waals surface area contributed by atoms with Crippen molar-refractivity contribution in [3.63, 3.8) is 0 Å². The maximum atomic E-state index is 13.6. The van der Waals surface area contributed by atoms with Crippen molar-refractivity contribution in [3.8, 4) is 5.69 Å². The fraction of sp³-hybridized carbons (Fsp3) is 0.0833. The highest BCUT2D eigenvalue weighted by atomic mass is 35.5. The number of fused-ring (bicyclic) bond motifs is 3. The highest BCUT2D eigenvalue weighted by Crippen LogP contribution is 2.31. The molecule has 6 heteroatoms. The van der Waals surface area contributed by atoms with Crippen molar-refractivity contribution in [1.29, 1.82) is 0 Å². The van der Waals surface area contributed by atoms with Crippen LogP contribution in [0.25, 0.3) is 26.0 Å². The summed E-state index contributed by atoms with van der Waals surface area (Å²) in [6, 6.07) is 22.6. The Balaban J connectivity index is 1.90. The van der Waals surface area contributed by atoms with E-state index < -0.39 is 0 Å². The maximum Gasteiger partial charge on any atom is 0.336 e. The zero-order valence-corrected chi connectivity index (χ0v) is 17.7. The van der Waals surface area contributed by atoms with Crippen molar-refractivity contribution in [2.24, 2.45) is 0 Å². The fourth-order valence-electron chi connectivity index (χ4n) is 3.77. The molecular weight excluding hydrogens is 416 g/mol. The Morgan fingerprint density at radius 3 is 2.37 bits per heavy atom. The maximum absolute atomic E-state index is 13.6. The molecule has 148 valence electrons. The van der Waals surface area contributed by atoms with E-state index in [1.807, 2.05) is 55.5 Å². The molecule has 5 rings (SSSR count). The molecule has 0 spiro atoms. The molecule has 0 atom stereocenters. The van der Waals surface area contributed by atoms with E-state index in [1.54, 1.807) is 28.8 Å². The van der Waals surface area contributed by atoms with Gasteiger partial charge in [-0.25, -0.2) is 9.36 Å². The van der Waals surface area contributed by atoms with Gasteiger partial charge < -0.3 is 0 Å². The lowest BCUT2D eigenvalue weighted by Gasteiger charge is -2.14. The summed E-state index contributed by atoms with van der Waals surface area (Å²) in [6.07, 6.45) is 0. The second-order valence-electron chi connectivity index (χ2n) is 7.19. The molecule has 4 nitrogen and oxygen atoms in total. The van der Waals surface area contributed by atoms with Crippen LogP contribution in [0.5, 0.6) is 0 Å². The van der Waals surface area contributed by atoms with Crippen LogP contribution in [-0.4, -0.2) is 9.13 Å².